The predicted molar refractivity (Wildman–Crippen MR) is 91.3 cm³/mol. The molecule has 2 aromatic heterocycles. The van der Waals surface area contributed by atoms with Gasteiger partial charge in [0.05, 0.1) is 17.6 Å². The molecule has 0 N–H and O–H groups in total. The van der Waals surface area contributed by atoms with Crippen LogP contribution in [0, 0.1) is 13.8 Å². The monoisotopic (exact) mass is 310 g/mol. The standard InChI is InChI=1S/C18H18N2OS/c1-4-7-20-16(17-6-5-8-21-17)12-22-18(20)19-15-10-13(2)9-14(3)11-15/h4-6,8-12H,1,7H2,2-3H3. The summed E-state index contributed by atoms with van der Waals surface area (Å²) in [6.45, 7) is 8.72. The molecule has 4 heteroatoms. The third-order valence-electron chi connectivity index (χ3n) is 3.31. The van der Waals surface area contributed by atoms with Gasteiger partial charge in [0, 0.05) is 11.9 Å². The minimum atomic E-state index is 0.698. The molecule has 0 spiro atoms. The zero-order chi connectivity index (χ0) is 15.5. The van der Waals surface area contributed by atoms with Gasteiger partial charge in [0.25, 0.3) is 0 Å². The second kappa shape index (κ2) is 6.20. The van der Waals surface area contributed by atoms with E-state index >= 15 is 0 Å². The number of aryl methyl sites for hydroxylation is 2. The summed E-state index contributed by atoms with van der Waals surface area (Å²) in [4.78, 5) is 5.74. The second-order valence-corrected chi connectivity index (χ2v) is 6.07. The number of hydrogen-bond donors (Lipinski definition) is 0. The van der Waals surface area contributed by atoms with E-state index in [4.69, 9.17) is 9.41 Å². The van der Waals surface area contributed by atoms with Crippen LogP contribution in [0.1, 0.15) is 11.1 Å². The SMILES string of the molecule is C=CCn1c(-c2ccco2)csc1=Nc1cc(C)cc(C)c1. The van der Waals surface area contributed by atoms with Crippen molar-refractivity contribution < 1.29 is 4.42 Å². The van der Waals surface area contributed by atoms with Gasteiger partial charge < -0.3 is 8.98 Å². The van der Waals surface area contributed by atoms with Crippen molar-refractivity contribution in [2.24, 2.45) is 4.99 Å². The highest BCUT2D eigenvalue weighted by Gasteiger charge is 2.09. The molecule has 1 aromatic carbocycles. The summed E-state index contributed by atoms with van der Waals surface area (Å²) in [5, 5.41) is 2.07. The largest absolute Gasteiger partial charge is 0.463 e. The molecule has 0 aliphatic carbocycles. The van der Waals surface area contributed by atoms with E-state index in [9.17, 15) is 0 Å². The van der Waals surface area contributed by atoms with Crippen molar-refractivity contribution in [1.82, 2.24) is 4.57 Å². The van der Waals surface area contributed by atoms with Crippen molar-refractivity contribution in [3.8, 4) is 11.5 Å². The van der Waals surface area contributed by atoms with Crippen LogP contribution >= 0.6 is 11.3 Å². The molecule has 0 saturated heterocycles. The van der Waals surface area contributed by atoms with Crippen molar-refractivity contribution >= 4 is 17.0 Å². The van der Waals surface area contributed by atoms with E-state index in [1.54, 1.807) is 17.6 Å². The Balaban J connectivity index is 2.14. The third kappa shape index (κ3) is 2.97. The van der Waals surface area contributed by atoms with Gasteiger partial charge in [-0.2, -0.15) is 0 Å². The van der Waals surface area contributed by atoms with Crippen LogP contribution in [0.25, 0.3) is 11.5 Å². The summed E-state index contributed by atoms with van der Waals surface area (Å²) in [5.74, 6) is 0.847. The van der Waals surface area contributed by atoms with Crippen molar-refractivity contribution in [3.05, 3.63) is 70.6 Å². The first-order valence-electron chi connectivity index (χ1n) is 7.13. The lowest BCUT2D eigenvalue weighted by atomic mass is 10.1. The first-order valence-corrected chi connectivity index (χ1v) is 8.01. The topological polar surface area (TPSA) is 30.4 Å². The molecule has 0 aliphatic heterocycles. The Labute approximate surface area is 133 Å². The summed E-state index contributed by atoms with van der Waals surface area (Å²) in [6, 6.07) is 10.2. The molecule has 0 fully saturated rings. The predicted octanol–water partition coefficient (Wildman–Crippen LogP) is 4.84. The van der Waals surface area contributed by atoms with Crippen LogP contribution in [0.5, 0.6) is 0 Å². The van der Waals surface area contributed by atoms with Crippen LogP contribution in [-0.4, -0.2) is 4.57 Å². The molecule has 0 bridgehead atoms. The average molecular weight is 310 g/mol. The van der Waals surface area contributed by atoms with Crippen molar-refractivity contribution in [2.45, 2.75) is 20.4 Å². The van der Waals surface area contributed by atoms with Gasteiger partial charge in [0.2, 0.25) is 0 Å². The Morgan fingerprint density at radius 3 is 2.68 bits per heavy atom. The maximum atomic E-state index is 5.52. The van der Waals surface area contributed by atoms with Gasteiger partial charge in [-0.1, -0.05) is 12.1 Å². The summed E-state index contributed by atoms with van der Waals surface area (Å²) in [5.41, 5.74) is 4.44. The lowest BCUT2D eigenvalue weighted by Gasteiger charge is -2.04. The maximum Gasteiger partial charge on any atom is 0.190 e. The van der Waals surface area contributed by atoms with Gasteiger partial charge in [-0.3, -0.25) is 0 Å². The smallest absolute Gasteiger partial charge is 0.190 e. The highest BCUT2D eigenvalue weighted by atomic mass is 32.1. The fraction of sp³-hybridized carbons (Fsp3) is 0.167. The normalized spacial score (nSPS) is 11.8. The van der Waals surface area contributed by atoms with E-state index in [2.05, 4.69) is 48.6 Å². The molecule has 0 atom stereocenters. The first kappa shape index (κ1) is 14.6. The molecule has 3 aromatic rings. The minimum absolute atomic E-state index is 0.698. The van der Waals surface area contributed by atoms with Crippen LogP contribution in [0.15, 0.2) is 64.0 Å². The van der Waals surface area contributed by atoms with E-state index in [0.717, 1.165) is 21.9 Å². The second-order valence-electron chi connectivity index (χ2n) is 5.24. The number of allylic oxidation sites excluding steroid dienone is 1. The van der Waals surface area contributed by atoms with Gasteiger partial charge in [0.15, 0.2) is 10.6 Å². The van der Waals surface area contributed by atoms with Gasteiger partial charge >= 0.3 is 0 Å². The summed E-state index contributed by atoms with van der Waals surface area (Å²) >= 11 is 1.61. The van der Waals surface area contributed by atoms with Crippen LogP contribution in [0.3, 0.4) is 0 Å². The molecule has 0 radical (unpaired) electrons. The summed E-state index contributed by atoms with van der Waals surface area (Å²) < 4.78 is 7.64. The Morgan fingerprint density at radius 2 is 2.05 bits per heavy atom. The highest BCUT2D eigenvalue weighted by molar-refractivity contribution is 7.07. The molecule has 0 aliphatic rings. The molecule has 3 nitrogen and oxygen atoms in total. The quantitative estimate of drug-likeness (QED) is 0.634. The maximum absolute atomic E-state index is 5.52. The lowest BCUT2D eigenvalue weighted by molar-refractivity contribution is 0.574. The fourth-order valence-corrected chi connectivity index (χ4v) is 3.39. The van der Waals surface area contributed by atoms with Gasteiger partial charge in [-0.15, -0.1) is 17.9 Å². The van der Waals surface area contributed by atoms with Crippen molar-refractivity contribution in [1.29, 1.82) is 0 Å². The lowest BCUT2D eigenvalue weighted by Crippen LogP contribution is -2.14. The van der Waals surface area contributed by atoms with E-state index in [1.165, 1.54) is 11.1 Å². The molecular weight excluding hydrogens is 292 g/mol. The number of benzene rings is 1. The number of thiazole rings is 1. The molecular formula is C18H18N2OS. The average Bonchev–Trinajstić information content (AvgIpc) is 3.08. The van der Waals surface area contributed by atoms with Gasteiger partial charge in [-0.25, -0.2) is 4.99 Å². The Hall–Kier alpha value is -2.33. The van der Waals surface area contributed by atoms with Crippen LogP contribution in [0.4, 0.5) is 5.69 Å². The number of rotatable bonds is 4. The Kier molecular flexibility index (Phi) is 4.11. The summed E-state index contributed by atoms with van der Waals surface area (Å²) in [7, 11) is 0. The molecule has 112 valence electrons. The molecule has 0 saturated carbocycles. The van der Waals surface area contributed by atoms with Gasteiger partial charge in [-0.05, 0) is 49.2 Å². The molecule has 2 heterocycles. The zero-order valence-electron chi connectivity index (χ0n) is 12.7. The van der Waals surface area contributed by atoms with Gasteiger partial charge in [0.1, 0.15) is 0 Å². The van der Waals surface area contributed by atoms with Crippen LogP contribution in [-0.2, 0) is 6.54 Å². The molecule has 0 unspecified atom stereocenters. The van der Waals surface area contributed by atoms with E-state index in [-0.39, 0.29) is 0 Å². The fourth-order valence-electron chi connectivity index (χ4n) is 2.47. The minimum Gasteiger partial charge on any atom is -0.463 e. The van der Waals surface area contributed by atoms with E-state index in [1.807, 2.05) is 18.2 Å². The Morgan fingerprint density at radius 1 is 1.27 bits per heavy atom. The van der Waals surface area contributed by atoms with Crippen molar-refractivity contribution in [3.63, 3.8) is 0 Å². The number of hydrogen-bond acceptors (Lipinski definition) is 3. The number of furan rings is 1. The first-order chi connectivity index (χ1) is 10.7. The summed E-state index contributed by atoms with van der Waals surface area (Å²) in [6.07, 6.45) is 3.56. The molecule has 3 rings (SSSR count). The molecule has 22 heavy (non-hydrogen) atoms. The Bertz CT molecular complexity index is 833. The number of nitrogens with zero attached hydrogens (tertiary/aromatic N) is 2. The molecule has 0 amide bonds. The van der Waals surface area contributed by atoms with E-state index in [0.29, 0.717) is 6.54 Å². The van der Waals surface area contributed by atoms with Crippen LogP contribution in [0.2, 0.25) is 0 Å². The zero-order valence-corrected chi connectivity index (χ0v) is 13.6. The third-order valence-corrected chi connectivity index (χ3v) is 4.18. The number of aromatic nitrogens is 1. The van der Waals surface area contributed by atoms with Crippen LogP contribution < -0.4 is 4.80 Å². The van der Waals surface area contributed by atoms with Crippen molar-refractivity contribution in [2.75, 3.05) is 0 Å². The van der Waals surface area contributed by atoms with E-state index < -0.39 is 0 Å². The highest BCUT2D eigenvalue weighted by Crippen LogP contribution is 2.22.